The third-order valence-corrected chi connectivity index (χ3v) is 6.63. The van der Waals surface area contributed by atoms with Gasteiger partial charge in [0.2, 0.25) is 0 Å². The third-order valence-electron chi connectivity index (χ3n) is 5.44. The Balaban J connectivity index is 1.93. The molecular weight excluding hydrogens is 298 g/mol. The summed E-state index contributed by atoms with van der Waals surface area (Å²) in [4.78, 5) is 2.78. The van der Waals surface area contributed by atoms with Crippen molar-refractivity contribution in [3.8, 4) is 0 Å². The molecule has 0 bridgehead atoms. The van der Waals surface area contributed by atoms with E-state index in [4.69, 9.17) is 0 Å². The van der Waals surface area contributed by atoms with E-state index >= 15 is 0 Å². The first-order valence-electron chi connectivity index (χ1n) is 8.34. The fourth-order valence-corrected chi connectivity index (χ4v) is 4.66. The van der Waals surface area contributed by atoms with Crippen LogP contribution in [0.5, 0.6) is 0 Å². The number of alkyl halides is 1. The maximum Gasteiger partial charge on any atom is 0.0100 e. The lowest BCUT2D eigenvalue weighted by Crippen LogP contribution is -2.39. The van der Waals surface area contributed by atoms with Crippen molar-refractivity contribution in [3.05, 3.63) is 0 Å². The van der Waals surface area contributed by atoms with Gasteiger partial charge in [-0.05, 0) is 56.0 Å². The molecular formula is C17H32BrN. The highest BCUT2D eigenvalue weighted by Crippen LogP contribution is 2.39. The molecule has 1 heterocycles. The molecule has 0 atom stereocenters. The van der Waals surface area contributed by atoms with E-state index in [1.54, 1.807) is 0 Å². The first-order chi connectivity index (χ1) is 9.05. The summed E-state index contributed by atoms with van der Waals surface area (Å²) >= 11 is 3.84. The van der Waals surface area contributed by atoms with Crippen LogP contribution in [0.1, 0.15) is 71.6 Å². The van der Waals surface area contributed by atoms with E-state index in [1.165, 1.54) is 82.8 Å². The lowest BCUT2D eigenvalue weighted by Gasteiger charge is -2.36. The van der Waals surface area contributed by atoms with Crippen LogP contribution in [0.3, 0.4) is 0 Å². The van der Waals surface area contributed by atoms with Gasteiger partial charge in [0, 0.05) is 11.9 Å². The van der Waals surface area contributed by atoms with Crippen LogP contribution in [0.15, 0.2) is 0 Å². The summed E-state index contributed by atoms with van der Waals surface area (Å²) < 4.78 is 0. The number of halogens is 1. The van der Waals surface area contributed by atoms with E-state index in [-0.39, 0.29) is 0 Å². The van der Waals surface area contributed by atoms with E-state index < -0.39 is 0 Å². The molecule has 0 amide bonds. The van der Waals surface area contributed by atoms with Crippen LogP contribution in [0.2, 0.25) is 0 Å². The maximum absolute atomic E-state index is 3.84. The molecule has 0 aromatic carbocycles. The second-order valence-corrected chi connectivity index (χ2v) is 8.40. The molecule has 19 heavy (non-hydrogen) atoms. The minimum absolute atomic E-state index is 0.569. The Kier molecular flexibility index (Phi) is 5.77. The highest BCUT2D eigenvalue weighted by molar-refractivity contribution is 9.09. The van der Waals surface area contributed by atoms with E-state index in [9.17, 15) is 0 Å². The van der Waals surface area contributed by atoms with Crippen LogP contribution in [0.25, 0.3) is 0 Å². The van der Waals surface area contributed by atoms with Crippen molar-refractivity contribution >= 4 is 15.9 Å². The zero-order valence-corrected chi connectivity index (χ0v) is 14.6. The fourth-order valence-electron chi connectivity index (χ4n) is 3.92. The lowest BCUT2D eigenvalue weighted by molar-refractivity contribution is 0.151. The zero-order valence-electron chi connectivity index (χ0n) is 13.0. The largest absolute Gasteiger partial charge is 0.303 e. The third kappa shape index (κ3) is 4.74. The lowest BCUT2D eigenvalue weighted by atomic mass is 9.81. The average molecular weight is 330 g/mol. The molecule has 0 aromatic heterocycles. The van der Waals surface area contributed by atoms with Gasteiger partial charge >= 0.3 is 0 Å². The van der Waals surface area contributed by atoms with Crippen LogP contribution in [0, 0.1) is 10.8 Å². The van der Waals surface area contributed by atoms with Gasteiger partial charge in [-0.3, -0.25) is 0 Å². The van der Waals surface area contributed by atoms with Gasteiger partial charge in [-0.1, -0.05) is 55.5 Å². The summed E-state index contributed by atoms with van der Waals surface area (Å²) in [7, 11) is 0. The zero-order chi connectivity index (χ0) is 13.8. The number of nitrogens with zero attached hydrogens (tertiary/aromatic N) is 1. The van der Waals surface area contributed by atoms with Crippen molar-refractivity contribution in [1.29, 1.82) is 0 Å². The highest BCUT2D eigenvalue weighted by Gasteiger charge is 2.33. The Labute approximate surface area is 128 Å². The molecule has 1 saturated heterocycles. The van der Waals surface area contributed by atoms with Gasteiger partial charge in [0.1, 0.15) is 0 Å². The second kappa shape index (κ2) is 6.93. The van der Waals surface area contributed by atoms with Gasteiger partial charge in [-0.15, -0.1) is 0 Å². The van der Waals surface area contributed by atoms with Crippen molar-refractivity contribution in [2.45, 2.75) is 71.6 Å². The Morgan fingerprint density at radius 3 is 2.16 bits per heavy atom. The molecule has 0 spiro atoms. The van der Waals surface area contributed by atoms with E-state index in [0.717, 1.165) is 0 Å². The summed E-state index contributed by atoms with van der Waals surface area (Å²) in [5.74, 6) is 0. The molecule has 2 heteroatoms. The quantitative estimate of drug-likeness (QED) is 0.506. The van der Waals surface area contributed by atoms with Crippen LogP contribution in [0.4, 0.5) is 0 Å². The molecule has 2 aliphatic rings. The summed E-state index contributed by atoms with van der Waals surface area (Å²) in [5, 5.41) is 1.21. The summed E-state index contributed by atoms with van der Waals surface area (Å²) in [6.07, 6.45) is 12.9. The Morgan fingerprint density at radius 1 is 0.842 bits per heavy atom. The van der Waals surface area contributed by atoms with Crippen molar-refractivity contribution in [1.82, 2.24) is 4.90 Å². The number of hydrogen-bond acceptors (Lipinski definition) is 1. The van der Waals surface area contributed by atoms with Gasteiger partial charge in [-0.2, -0.15) is 0 Å². The first-order valence-corrected chi connectivity index (χ1v) is 9.46. The Bertz CT molecular complexity index is 266. The van der Waals surface area contributed by atoms with Crippen molar-refractivity contribution in [2.75, 3.05) is 25.0 Å². The van der Waals surface area contributed by atoms with E-state index in [2.05, 4.69) is 34.7 Å². The van der Waals surface area contributed by atoms with Crippen LogP contribution < -0.4 is 0 Å². The smallest absolute Gasteiger partial charge is 0.0100 e. The molecule has 1 nitrogen and oxygen atoms in total. The van der Waals surface area contributed by atoms with Crippen LogP contribution >= 0.6 is 15.9 Å². The Hall–Kier alpha value is 0.440. The van der Waals surface area contributed by atoms with Gasteiger partial charge in [0.05, 0.1) is 0 Å². The van der Waals surface area contributed by atoms with E-state index in [1.807, 2.05) is 0 Å². The maximum atomic E-state index is 3.84. The predicted molar refractivity (Wildman–Crippen MR) is 88.0 cm³/mol. The first kappa shape index (κ1) is 15.8. The highest BCUT2D eigenvalue weighted by atomic mass is 79.9. The molecule has 1 aliphatic heterocycles. The normalized spacial score (nSPS) is 28.6. The molecule has 0 unspecified atom stereocenters. The molecule has 0 aromatic rings. The summed E-state index contributed by atoms with van der Waals surface area (Å²) in [6.45, 7) is 8.89. The number of hydrogen-bond donors (Lipinski definition) is 0. The minimum atomic E-state index is 0.569. The van der Waals surface area contributed by atoms with Gasteiger partial charge < -0.3 is 4.90 Å². The minimum Gasteiger partial charge on any atom is -0.303 e. The summed E-state index contributed by atoms with van der Waals surface area (Å²) in [5.41, 5.74) is 1.14. The molecule has 1 aliphatic carbocycles. The van der Waals surface area contributed by atoms with Crippen LogP contribution in [-0.4, -0.2) is 29.9 Å². The van der Waals surface area contributed by atoms with Crippen LogP contribution in [-0.2, 0) is 0 Å². The number of rotatable bonds is 3. The fraction of sp³-hybridized carbons (Fsp3) is 1.00. The van der Waals surface area contributed by atoms with Crippen molar-refractivity contribution < 1.29 is 0 Å². The van der Waals surface area contributed by atoms with Gasteiger partial charge in [0.25, 0.3) is 0 Å². The summed E-state index contributed by atoms with van der Waals surface area (Å²) in [6, 6.07) is 0. The SMILES string of the molecule is CC1(C)CCCN(CC2(CBr)CCCCCC2)CC1. The second-order valence-electron chi connectivity index (χ2n) is 7.84. The molecule has 0 radical (unpaired) electrons. The van der Waals surface area contributed by atoms with E-state index in [0.29, 0.717) is 10.8 Å². The predicted octanol–water partition coefficient (Wildman–Crippen LogP) is 5.23. The monoisotopic (exact) mass is 329 g/mol. The Morgan fingerprint density at radius 2 is 1.53 bits per heavy atom. The van der Waals surface area contributed by atoms with Gasteiger partial charge in [-0.25, -0.2) is 0 Å². The number of likely N-dealkylation sites (tertiary alicyclic amines) is 1. The molecule has 2 fully saturated rings. The molecule has 112 valence electrons. The standard InChI is InChI=1S/C17H32BrN/c1-16(2)8-7-12-19(13-11-16)15-17(14-18)9-5-3-4-6-10-17/h3-15H2,1-2H3. The molecule has 0 N–H and O–H groups in total. The van der Waals surface area contributed by atoms with Crippen molar-refractivity contribution in [2.24, 2.45) is 10.8 Å². The molecule has 2 rings (SSSR count). The average Bonchev–Trinajstić information content (AvgIpc) is 2.70. The van der Waals surface area contributed by atoms with Crippen molar-refractivity contribution in [3.63, 3.8) is 0 Å². The van der Waals surface area contributed by atoms with Gasteiger partial charge in [0.15, 0.2) is 0 Å². The molecule has 1 saturated carbocycles. The topological polar surface area (TPSA) is 3.24 Å².